The van der Waals surface area contributed by atoms with Crippen molar-refractivity contribution in [3.63, 3.8) is 0 Å². The zero-order valence-corrected chi connectivity index (χ0v) is 18.4. The first kappa shape index (κ1) is 22.4. The van der Waals surface area contributed by atoms with Crippen molar-refractivity contribution in [2.45, 2.75) is 24.0 Å². The molecule has 1 fully saturated rings. The van der Waals surface area contributed by atoms with Gasteiger partial charge in [-0.3, -0.25) is 14.9 Å². The van der Waals surface area contributed by atoms with E-state index in [1.165, 1.54) is 31.2 Å². The molecule has 3 N–H and O–H groups in total. The largest absolute Gasteiger partial charge is 0.460 e. The molecule has 10 heteroatoms. The molecule has 0 bridgehead atoms. The van der Waals surface area contributed by atoms with Gasteiger partial charge in [-0.1, -0.05) is 54.6 Å². The van der Waals surface area contributed by atoms with Gasteiger partial charge in [0.15, 0.2) is 0 Å². The molecule has 1 aliphatic heterocycles. The highest BCUT2D eigenvalue weighted by Gasteiger charge is 2.43. The Hall–Kier alpha value is -3.76. The molecule has 33 heavy (non-hydrogen) atoms. The van der Waals surface area contributed by atoms with Gasteiger partial charge in [0.05, 0.1) is 4.90 Å². The van der Waals surface area contributed by atoms with E-state index in [1.807, 2.05) is 42.5 Å². The minimum atomic E-state index is -4.00. The number of fused-ring (bicyclic) bond motifs is 1. The second kappa shape index (κ2) is 8.64. The van der Waals surface area contributed by atoms with E-state index < -0.39 is 40.0 Å². The number of esters is 1. The zero-order chi connectivity index (χ0) is 23.6. The minimum Gasteiger partial charge on any atom is -0.460 e. The van der Waals surface area contributed by atoms with Crippen molar-refractivity contribution in [2.24, 2.45) is 0 Å². The highest BCUT2D eigenvalue weighted by Crippen LogP contribution is 2.25. The maximum Gasteiger partial charge on any atom is 0.322 e. The lowest BCUT2D eigenvalue weighted by molar-refractivity contribution is -0.143. The third-order valence-electron chi connectivity index (χ3n) is 5.46. The highest BCUT2D eigenvalue weighted by molar-refractivity contribution is 7.89. The molecular weight excluding hydrogens is 446 g/mol. The van der Waals surface area contributed by atoms with E-state index in [0.29, 0.717) is 5.56 Å². The number of carbonyl (C=O) groups excluding carboxylic acids is 3. The molecule has 0 radical (unpaired) electrons. The molecule has 0 aromatic heterocycles. The van der Waals surface area contributed by atoms with Crippen LogP contribution in [0.5, 0.6) is 0 Å². The minimum absolute atomic E-state index is 0.0168. The summed E-state index contributed by atoms with van der Waals surface area (Å²) >= 11 is 0. The summed E-state index contributed by atoms with van der Waals surface area (Å²) in [6.45, 7) is 0.995. The van der Waals surface area contributed by atoms with Crippen LogP contribution in [0, 0.1) is 0 Å². The highest BCUT2D eigenvalue weighted by atomic mass is 32.2. The molecule has 170 valence electrons. The predicted molar refractivity (Wildman–Crippen MR) is 119 cm³/mol. The summed E-state index contributed by atoms with van der Waals surface area (Å²) in [6.07, 6.45) is 0. The summed E-state index contributed by atoms with van der Waals surface area (Å²) in [7, 11) is -4.00. The fraction of sp³-hybridized carbons (Fsp3) is 0.174. The molecule has 3 amide bonds. The Morgan fingerprint density at radius 1 is 1.00 bits per heavy atom. The van der Waals surface area contributed by atoms with Crippen LogP contribution in [0.3, 0.4) is 0 Å². The number of ether oxygens (including phenoxy) is 1. The fourth-order valence-electron chi connectivity index (χ4n) is 3.58. The Labute approximate surface area is 190 Å². The van der Waals surface area contributed by atoms with Gasteiger partial charge in [-0.15, -0.1) is 0 Å². The average molecular weight is 468 g/mol. The monoisotopic (exact) mass is 467 g/mol. The summed E-state index contributed by atoms with van der Waals surface area (Å²) in [5.41, 5.74) is -0.0613. The maximum atomic E-state index is 12.5. The molecule has 0 saturated carbocycles. The SMILES string of the molecule is CC1(c2ccc(S(=O)(=O)NCC(=O)OCc3cccc4ccccc34)cc2)NC(=O)NC1=O. The van der Waals surface area contributed by atoms with Gasteiger partial charge in [0.25, 0.3) is 5.91 Å². The van der Waals surface area contributed by atoms with Gasteiger partial charge in [0.2, 0.25) is 10.0 Å². The summed E-state index contributed by atoms with van der Waals surface area (Å²) < 4.78 is 32.5. The van der Waals surface area contributed by atoms with Crippen LogP contribution in [-0.4, -0.2) is 32.9 Å². The maximum absolute atomic E-state index is 12.5. The first-order chi connectivity index (χ1) is 15.7. The van der Waals surface area contributed by atoms with Crippen molar-refractivity contribution in [3.8, 4) is 0 Å². The molecular formula is C23H21N3O6S. The lowest BCUT2D eigenvalue weighted by Gasteiger charge is -2.21. The van der Waals surface area contributed by atoms with E-state index in [9.17, 15) is 22.8 Å². The number of hydrogen-bond donors (Lipinski definition) is 3. The van der Waals surface area contributed by atoms with E-state index in [0.717, 1.165) is 16.3 Å². The molecule has 1 unspecified atom stereocenters. The molecule has 1 atom stereocenters. The van der Waals surface area contributed by atoms with Crippen molar-refractivity contribution >= 4 is 38.7 Å². The number of sulfonamides is 1. The van der Waals surface area contributed by atoms with Gasteiger partial charge >= 0.3 is 12.0 Å². The first-order valence-corrected chi connectivity index (χ1v) is 11.5. The number of rotatable bonds is 7. The molecule has 1 saturated heterocycles. The van der Waals surface area contributed by atoms with E-state index in [-0.39, 0.29) is 11.5 Å². The van der Waals surface area contributed by atoms with Gasteiger partial charge in [-0.25, -0.2) is 13.2 Å². The molecule has 3 aromatic carbocycles. The van der Waals surface area contributed by atoms with Crippen LogP contribution in [0.15, 0.2) is 71.6 Å². The molecule has 1 aliphatic rings. The standard InChI is InChI=1S/C23H21N3O6S/c1-23(21(28)25-22(29)26-23)17-9-11-18(12-10-17)33(30,31)24-13-20(27)32-14-16-7-4-6-15-5-2-3-8-19(15)16/h2-12,24H,13-14H2,1H3,(H2,25,26,28,29). The average Bonchev–Trinajstić information content (AvgIpc) is 3.08. The normalized spacial score (nSPS) is 18.1. The number of amides is 3. The van der Waals surface area contributed by atoms with Gasteiger partial charge in [0, 0.05) is 0 Å². The van der Waals surface area contributed by atoms with E-state index in [4.69, 9.17) is 4.74 Å². The van der Waals surface area contributed by atoms with E-state index in [2.05, 4.69) is 15.4 Å². The number of carbonyl (C=O) groups is 3. The van der Waals surface area contributed by atoms with Crippen LogP contribution < -0.4 is 15.4 Å². The molecule has 1 heterocycles. The van der Waals surface area contributed by atoms with Crippen LogP contribution in [-0.2, 0) is 36.5 Å². The summed E-state index contributed by atoms with van der Waals surface area (Å²) in [6, 6.07) is 18.2. The Morgan fingerprint density at radius 3 is 2.39 bits per heavy atom. The summed E-state index contributed by atoms with van der Waals surface area (Å²) in [4.78, 5) is 35.5. The van der Waals surface area contributed by atoms with Crippen molar-refractivity contribution in [1.82, 2.24) is 15.4 Å². The molecule has 0 aliphatic carbocycles. The molecule has 9 nitrogen and oxygen atoms in total. The van der Waals surface area contributed by atoms with Crippen molar-refractivity contribution < 1.29 is 27.5 Å². The third kappa shape index (κ3) is 4.57. The van der Waals surface area contributed by atoms with Crippen LogP contribution in [0.1, 0.15) is 18.1 Å². The molecule has 3 aromatic rings. The van der Waals surface area contributed by atoms with Crippen LogP contribution in [0.25, 0.3) is 10.8 Å². The third-order valence-corrected chi connectivity index (χ3v) is 6.88. The number of imide groups is 1. The van der Waals surface area contributed by atoms with Gasteiger partial charge < -0.3 is 10.1 Å². The van der Waals surface area contributed by atoms with Crippen molar-refractivity contribution in [2.75, 3.05) is 6.54 Å². The second-order valence-corrected chi connectivity index (χ2v) is 9.45. The summed E-state index contributed by atoms with van der Waals surface area (Å²) in [5, 5.41) is 6.62. The Kier molecular flexibility index (Phi) is 5.88. The second-order valence-electron chi connectivity index (χ2n) is 7.68. The smallest absolute Gasteiger partial charge is 0.322 e. The molecule has 4 rings (SSSR count). The van der Waals surface area contributed by atoms with Crippen LogP contribution >= 0.6 is 0 Å². The Morgan fingerprint density at radius 2 is 1.70 bits per heavy atom. The number of hydrogen-bond acceptors (Lipinski definition) is 6. The van der Waals surface area contributed by atoms with Crippen molar-refractivity contribution in [3.05, 3.63) is 77.9 Å². The molecule has 0 spiro atoms. The number of nitrogens with one attached hydrogen (secondary N) is 3. The number of benzene rings is 3. The van der Waals surface area contributed by atoms with E-state index in [1.54, 1.807) is 0 Å². The van der Waals surface area contributed by atoms with Gasteiger partial charge in [0.1, 0.15) is 18.7 Å². The Balaban J connectivity index is 1.37. The lowest BCUT2D eigenvalue weighted by atomic mass is 9.92. The van der Waals surface area contributed by atoms with Crippen molar-refractivity contribution in [1.29, 1.82) is 0 Å². The zero-order valence-electron chi connectivity index (χ0n) is 17.6. The van der Waals surface area contributed by atoms with Gasteiger partial charge in [-0.05, 0) is 41.0 Å². The quantitative estimate of drug-likeness (QED) is 0.359. The van der Waals surface area contributed by atoms with Gasteiger partial charge in [-0.2, -0.15) is 4.72 Å². The van der Waals surface area contributed by atoms with Crippen LogP contribution in [0.4, 0.5) is 4.79 Å². The lowest BCUT2D eigenvalue weighted by Crippen LogP contribution is -2.40. The number of urea groups is 1. The summed E-state index contributed by atoms with van der Waals surface area (Å²) in [5.74, 6) is -1.25. The first-order valence-electron chi connectivity index (χ1n) is 10.1. The predicted octanol–water partition coefficient (Wildman–Crippen LogP) is 1.92. The van der Waals surface area contributed by atoms with E-state index >= 15 is 0 Å². The Bertz CT molecular complexity index is 1350. The fourth-order valence-corrected chi connectivity index (χ4v) is 4.55. The van der Waals surface area contributed by atoms with Crippen LogP contribution in [0.2, 0.25) is 0 Å². The topological polar surface area (TPSA) is 131 Å².